The van der Waals surface area contributed by atoms with Gasteiger partial charge in [-0.3, -0.25) is 0 Å². The number of hydrogen-bond acceptors (Lipinski definition) is 3. The van der Waals surface area contributed by atoms with Crippen LogP contribution in [0, 0.1) is 5.41 Å². The van der Waals surface area contributed by atoms with Gasteiger partial charge in [0.2, 0.25) is 0 Å². The van der Waals surface area contributed by atoms with Crippen LogP contribution in [0.4, 0.5) is 4.79 Å². The lowest BCUT2D eigenvalue weighted by Gasteiger charge is -2.27. The number of amides is 1. The lowest BCUT2D eigenvalue weighted by atomic mass is 9.96. The van der Waals surface area contributed by atoms with Gasteiger partial charge in [0.1, 0.15) is 6.61 Å². The normalized spacial score (nSPS) is 12.5. The molecular formula is C11H24N2O2. The van der Waals surface area contributed by atoms with Gasteiger partial charge in [-0.1, -0.05) is 20.8 Å². The lowest BCUT2D eigenvalue weighted by Crippen LogP contribution is -2.41. The van der Waals surface area contributed by atoms with Crippen LogP contribution in [0.1, 0.15) is 34.6 Å². The van der Waals surface area contributed by atoms with Crippen LogP contribution in [-0.2, 0) is 4.74 Å². The average molecular weight is 216 g/mol. The molecule has 0 rings (SSSR count). The summed E-state index contributed by atoms with van der Waals surface area (Å²) in [7, 11) is 1.73. The second-order valence-corrected chi connectivity index (χ2v) is 5.96. The van der Waals surface area contributed by atoms with Gasteiger partial charge in [-0.15, -0.1) is 0 Å². The van der Waals surface area contributed by atoms with Crippen molar-refractivity contribution in [3.05, 3.63) is 0 Å². The fraction of sp³-hybridized carbons (Fsp3) is 0.909. The molecule has 0 aliphatic rings. The number of ether oxygens (including phenoxy) is 1. The van der Waals surface area contributed by atoms with Gasteiger partial charge in [0.25, 0.3) is 0 Å². The Kier molecular flexibility index (Phi) is 4.59. The molecule has 4 heteroatoms. The van der Waals surface area contributed by atoms with Crippen molar-refractivity contribution in [1.82, 2.24) is 4.90 Å². The molecule has 0 saturated heterocycles. The molecule has 90 valence electrons. The third-order valence-corrected chi connectivity index (χ3v) is 1.59. The molecule has 0 atom stereocenters. The zero-order chi connectivity index (χ0) is 12.3. The van der Waals surface area contributed by atoms with E-state index >= 15 is 0 Å². The van der Waals surface area contributed by atoms with Crippen LogP contribution in [0.5, 0.6) is 0 Å². The Hall–Kier alpha value is -0.770. The summed E-state index contributed by atoms with van der Waals surface area (Å²) in [5.41, 5.74) is 5.32. The maximum absolute atomic E-state index is 11.5. The van der Waals surface area contributed by atoms with Gasteiger partial charge in [0.05, 0.1) is 0 Å². The van der Waals surface area contributed by atoms with Crippen LogP contribution in [0.25, 0.3) is 0 Å². The molecule has 0 bridgehead atoms. The zero-order valence-corrected chi connectivity index (χ0v) is 10.8. The number of nitrogens with two attached hydrogens (primary N) is 1. The van der Waals surface area contributed by atoms with Crippen molar-refractivity contribution in [3.63, 3.8) is 0 Å². The van der Waals surface area contributed by atoms with Gasteiger partial charge in [-0.25, -0.2) is 4.79 Å². The van der Waals surface area contributed by atoms with E-state index in [9.17, 15) is 4.79 Å². The van der Waals surface area contributed by atoms with Crippen LogP contribution < -0.4 is 5.73 Å². The SMILES string of the molecule is CN(CC(C)(C)C)C(=O)OCC(C)(C)N. The predicted octanol–water partition coefficient (Wildman–Crippen LogP) is 1.84. The van der Waals surface area contributed by atoms with E-state index < -0.39 is 5.54 Å². The molecular weight excluding hydrogens is 192 g/mol. The Labute approximate surface area is 92.8 Å². The zero-order valence-electron chi connectivity index (χ0n) is 10.8. The van der Waals surface area contributed by atoms with Gasteiger partial charge in [0.15, 0.2) is 0 Å². The molecule has 4 nitrogen and oxygen atoms in total. The summed E-state index contributed by atoms with van der Waals surface area (Å²) in [5, 5.41) is 0. The van der Waals surface area contributed by atoms with Gasteiger partial charge < -0.3 is 15.4 Å². The number of carbonyl (C=O) groups excluding carboxylic acids is 1. The van der Waals surface area contributed by atoms with Crippen LogP contribution in [0.2, 0.25) is 0 Å². The highest BCUT2D eigenvalue weighted by Crippen LogP contribution is 2.14. The second-order valence-electron chi connectivity index (χ2n) is 5.96. The first-order chi connectivity index (χ1) is 6.51. The highest BCUT2D eigenvalue weighted by Gasteiger charge is 2.20. The molecule has 15 heavy (non-hydrogen) atoms. The molecule has 0 radical (unpaired) electrons. The smallest absolute Gasteiger partial charge is 0.409 e. The molecule has 0 aromatic rings. The topological polar surface area (TPSA) is 55.6 Å². The third-order valence-electron chi connectivity index (χ3n) is 1.59. The van der Waals surface area contributed by atoms with Crippen molar-refractivity contribution >= 4 is 6.09 Å². The Morgan fingerprint density at radius 2 is 1.73 bits per heavy atom. The molecule has 0 heterocycles. The first kappa shape index (κ1) is 14.2. The van der Waals surface area contributed by atoms with E-state index in [1.807, 2.05) is 13.8 Å². The minimum Gasteiger partial charge on any atom is -0.447 e. The summed E-state index contributed by atoms with van der Waals surface area (Å²) in [4.78, 5) is 13.1. The minimum atomic E-state index is -0.474. The lowest BCUT2D eigenvalue weighted by molar-refractivity contribution is 0.0841. The van der Waals surface area contributed by atoms with Gasteiger partial charge in [-0.2, -0.15) is 0 Å². The first-order valence-corrected chi connectivity index (χ1v) is 5.18. The van der Waals surface area contributed by atoms with E-state index in [1.54, 1.807) is 11.9 Å². The average Bonchev–Trinajstić information content (AvgIpc) is 1.95. The van der Waals surface area contributed by atoms with Crippen LogP contribution in [-0.4, -0.2) is 36.7 Å². The van der Waals surface area contributed by atoms with Gasteiger partial charge in [-0.05, 0) is 19.3 Å². The Bertz CT molecular complexity index is 214. The highest BCUT2D eigenvalue weighted by atomic mass is 16.6. The maximum Gasteiger partial charge on any atom is 0.409 e. The Morgan fingerprint density at radius 1 is 1.27 bits per heavy atom. The summed E-state index contributed by atoms with van der Waals surface area (Å²) in [6.07, 6.45) is -0.316. The summed E-state index contributed by atoms with van der Waals surface area (Å²) in [6.45, 7) is 10.8. The monoisotopic (exact) mass is 216 g/mol. The number of rotatable bonds is 3. The van der Waals surface area contributed by atoms with Crippen molar-refractivity contribution in [3.8, 4) is 0 Å². The van der Waals surface area contributed by atoms with Crippen molar-refractivity contribution in [2.75, 3.05) is 20.2 Å². The van der Waals surface area contributed by atoms with Gasteiger partial charge >= 0.3 is 6.09 Å². The predicted molar refractivity (Wildman–Crippen MR) is 61.7 cm³/mol. The third kappa shape index (κ3) is 8.24. The van der Waals surface area contributed by atoms with E-state index in [4.69, 9.17) is 10.5 Å². The number of carbonyl (C=O) groups is 1. The van der Waals surface area contributed by atoms with Crippen molar-refractivity contribution < 1.29 is 9.53 Å². The Morgan fingerprint density at radius 3 is 2.07 bits per heavy atom. The van der Waals surface area contributed by atoms with E-state index in [1.165, 1.54) is 0 Å². The number of nitrogens with zero attached hydrogens (tertiary/aromatic N) is 1. The molecule has 0 saturated carbocycles. The maximum atomic E-state index is 11.5. The van der Waals surface area contributed by atoms with Crippen LogP contribution in [0.15, 0.2) is 0 Å². The van der Waals surface area contributed by atoms with E-state index in [0.29, 0.717) is 6.54 Å². The number of hydrogen-bond donors (Lipinski definition) is 1. The molecule has 0 fully saturated rings. The molecule has 0 aliphatic heterocycles. The fourth-order valence-corrected chi connectivity index (χ4v) is 1.13. The highest BCUT2D eigenvalue weighted by molar-refractivity contribution is 5.67. The van der Waals surface area contributed by atoms with Crippen LogP contribution >= 0.6 is 0 Å². The molecule has 0 aliphatic carbocycles. The van der Waals surface area contributed by atoms with E-state index in [0.717, 1.165) is 0 Å². The fourth-order valence-electron chi connectivity index (χ4n) is 1.13. The van der Waals surface area contributed by atoms with Gasteiger partial charge in [0, 0.05) is 19.1 Å². The van der Waals surface area contributed by atoms with Crippen molar-refractivity contribution in [1.29, 1.82) is 0 Å². The largest absolute Gasteiger partial charge is 0.447 e. The van der Waals surface area contributed by atoms with E-state index in [-0.39, 0.29) is 18.1 Å². The second kappa shape index (κ2) is 4.84. The summed E-state index contributed by atoms with van der Waals surface area (Å²) in [5.74, 6) is 0. The van der Waals surface area contributed by atoms with Crippen molar-refractivity contribution in [2.45, 2.75) is 40.2 Å². The first-order valence-electron chi connectivity index (χ1n) is 5.18. The molecule has 2 N–H and O–H groups in total. The standard InChI is InChI=1S/C11H24N2O2/c1-10(2,3)7-13(6)9(14)15-8-11(4,5)12/h7-8,12H2,1-6H3. The summed E-state index contributed by atoms with van der Waals surface area (Å²) < 4.78 is 5.08. The summed E-state index contributed by atoms with van der Waals surface area (Å²) in [6, 6.07) is 0. The quantitative estimate of drug-likeness (QED) is 0.783. The summed E-state index contributed by atoms with van der Waals surface area (Å²) >= 11 is 0. The van der Waals surface area contributed by atoms with E-state index in [2.05, 4.69) is 20.8 Å². The Balaban J connectivity index is 4.01. The molecule has 0 aromatic carbocycles. The van der Waals surface area contributed by atoms with Crippen molar-refractivity contribution in [2.24, 2.45) is 11.1 Å². The molecule has 0 spiro atoms. The molecule has 0 aromatic heterocycles. The molecule has 0 unspecified atom stereocenters. The molecule has 1 amide bonds. The van der Waals surface area contributed by atoms with Crippen LogP contribution in [0.3, 0.4) is 0 Å². The minimum absolute atomic E-state index is 0.0754.